The molecule has 1 atom stereocenters. The summed E-state index contributed by atoms with van der Waals surface area (Å²) in [6, 6.07) is 4.07. The summed E-state index contributed by atoms with van der Waals surface area (Å²) in [7, 11) is 1.54. The van der Waals surface area contributed by atoms with Crippen LogP contribution in [0.3, 0.4) is 0 Å². The van der Waals surface area contributed by atoms with Crippen molar-refractivity contribution in [1.82, 2.24) is 15.6 Å². The first-order valence-corrected chi connectivity index (χ1v) is 11.8. The smallest absolute Gasteiger partial charge is 0.305 e. The molecule has 1 fully saturated rings. The average molecular weight is 456 g/mol. The molecule has 0 radical (unpaired) electrons. The standard InChI is InChI=1S/C25H37N5O3/c1-4-22(33-3)29-17-18(2)21(16-23(31)32)27-15-14-26-12-5-6-19-7-8-20-24(30-19)28-13-11-25(20)9-10-25/h4,7-8,17,21,26-27H,2,5-6,9-16H2,1,3H3,(H,28,30)(H,31,32)/b22-4+,29-17?/t21-/m0/s1. The van der Waals surface area contributed by atoms with Crippen LogP contribution in [-0.2, 0) is 21.4 Å². The minimum Gasteiger partial charge on any atom is -0.481 e. The molecular weight excluding hydrogens is 418 g/mol. The number of aromatic nitrogens is 1. The Morgan fingerprint density at radius 1 is 1.36 bits per heavy atom. The van der Waals surface area contributed by atoms with E-state index in [0.717, 1.165) is 44.0 Å². The number of carboxylic acid groups (broad SMARTS) is 1. The molecule has 180 valence electrons. The number of pyridine rings is 1. The number of methoxy groups -OCH3 is 1. The molecule has 0 saturated heterocycles. The molecule has 1 spiro atoms. The Balaban J connectivity index is 1.35. The number of nitrogens with zero attached hydrogens (tertiary/aromatic N) is 2. The lowest BCUT2D eigenvalue weighted by Gasteiger charge is -2.26. The van der Waals surface area contributed by atoms with Gasteiger partial charge in [0.05, 0.1) is 13.5 Å². The third-order valence-electron chi connectivity index (χ3n) is 6.39. The predicted octanol–water partition coefficient (Wildman–Crippen LogP) is 3.02. The zero-order valence-corrected chi connectivity index (χ0v) is 19.8. The minimum absolute atomic E-state index is 0.0532. The fourth-order valence-corrected chi connectivity index (χ4v) is 4.27. The maximum atomic E-state index is 11.2. The molecule has 8 heteroatoms. The Kier molecular flexibility index (Phi) is 9.03. The van der Waals surface area contributed by atoms with Crippen LogP contribution in [0.15, 0.2) is 41.2 Å². The number of allylic oxidation sites excluding steroid dienone is 1. The number of hydrogen-bond acceptors (Lipinski definition) is 7. The third kappa shape index (κ3) is 7.14. The zero-order chi connectivity index (χ0) is 23.7. The zero-order valence-electron chi connectivity index (χ0n) is 19.8. The molecule has 8 nitrogen and oxygen atoms in total. The molecule has 1 aromatic rings. The van der Waals surface area contributed by atoms with Crippen molar-refractivity contribution in [3.8, 4) is 0 Å². The molecule has 2 aliphatic rings. The highest BCUT2D eigenvalue weighted by molar-refractivity contribution is 5.82. The van der Waals surface area contributed by atoms with Crippen LogP contribution < -0.4 is 16.0 Å². The number of carboxylic acids is 1. The highest BCUT2D eigenvalue weighted by Crippen LogP contribution is 2.54. The maximum Gasteiger partial charge on any atom is 0.305 e. The van der Waals surface area contributed by atoms with Crippen molar-refractivity contribution >= 4 is 18.0 Å². The molecule has 0 aromatic carbocycles. The fourth-order valence-electron chi connectivity index (χ4n) is 4.27. The van der Waals surface area contributed by atoms with Gasteiger partial charge >= 0.3 is 5.97 Å². The topological polar surface area (TPSA) is 108 Å². The highest BCUT2D eigenvalue weighted by atomic mass is 16.5. The minimum atomic E-state index is -0.882. The van der Waals surface area contributed by atoms with Crippen LogP contribution in [0, 0.1) is 0 Å². The summed E-state index contributed by atoms with van der Waals surface area (Å²) in [5.41, 5.74) is 3.57. The van der Waals surface area contributed by atoms with Gasteiger partial charge in [-0.1, -0.05) is 12.6 Å². The van der Waals surface area contributed by atoms with E-state index in [1.807, 2.05) is 6.92 Å². The lowest BCUT2D eigenvalue weighted by Crippen LogP contribution is -2.38. The summed E-state index contributed by atoms with van der Waals surface area (Å²) in [4.78, 5) is 20.2. The summed E-state index contributed by atoms with van der Waals surface area (Å²) in [6.45, 7) is 9.06. The van der Waals surface area contributed by atoms with Crippen LogP contribution in [0.2, 0.25) is 0 Å². The van der Waals surface area contributed by atoms with Gasteiger partial charge < -0.3 is 25.8 Å². The van der Waals surface area contributed by atoms with E-state index in [0.29, 0.717) is 23.4 Å². The number of anilines is 1. The van der Waals surface area contributed by atoms with Crippen LogP contribution >= 0.6 is 0 Å². The first-order chi connectivity index (χ1) is 16.0. The molecule has 1 aromatic heterocycles. The molecule has 1 saturated carbocycles. The van der Waals surface area contributed by atoms with E-state index in [-0.39, 0.29) is 12.5 Å². The van der Waals surface area contributed by atoms with Gasteiger partial charge in [-0.15, -0.1) is 0 Å². The van der Waals surface area contributed by atoms with Gasteiger partial charge in [0, 0.05) is 48.6 Å². The average Bonchev–Trinajstić information content (AvgIpc) is 3.57. The van der Waals surface area contributed by atoms with Gasteiger partial charge in [-0.25, -0.2) is 9.98 Å². The summed E-state index contributed by atoms with van der Waals surface area (Å²) in [5.74, 6) is 0.671. The van der Waals surface area contributed by atoms with Crippen molar-refractivity contribution in [2.24, 2.45) is 4.99 Å². The van der Waals surface area contributed by atoms with Crippen LogP contribution in [0.25, 0.3) is 0 Å². The number of hydrogen-bond donors (Lipinski definition) is 4. The summed E-state index contributed by atoms with van der Waals surface area (Å²) < 4.78 is 5.09. The van der Waals surface area contributed by atoms with Gasteiger partial charge in [0.25, 0.3) is 0 Å². The van der Waals surface area contributed by atoms with Gasteiger partial charge in [-0.05, 0) is 63.3 Å². The van der Waals surface area contributed by atoms with E-state index in [1.54, 1.807) is 12.3 Å². The van der Waals surface area contributed by atoms with Crippen LogP contribution in [-0.4, -0.2) is 61.6 Å². The van der Waals surface area contributed by atoms with Gasteiger partial charge in [0.1, 0.15) is 5.82 Å². The second-order valence-corrected chi connectivity index (χ2v) is 8.78. The SMILES string of the molecule is C=C(C=N/C(=C\C)OC)[C@H](CC(=O)O)NCCNCCCc1ccc2c(n1)NCCC21CC1. The fraction of sp³-hybridized carbons (Fsp3) is 0.560. The van der Waals surface area contributed by atoms with Crippen molar-refractivity contribution < 1.29 is 14.6 Å². The Morgan fingerprint density at radius 2 is 2.18 bits per heavy atom. The van der Waals surface area contributed by atoms with Crippen molar-refractivity contribution in [1.29, 1.82) is 0 Å². The number of aliphatic imine (C=N–C) groups is 1. The summed E-state index contributed by atoms with van der Waals surface area (Å²) >= 11 is 0. The van der Waals surface area contributed by atoms with E-state index in [9.17, 15) is 9.90 Å². The summed E-state index contributed by atoms with van der Waals surface area (Å²) in [5, 5.41) is 19.3. The van der Waals surface area contributed by atoms with Crippen molar-refractivity contribution in [3.05, 3.63) is 47.5 Å². The molecule has 3 rings (SSSR count). The van der Waals surface area contributed by atoms with Crippen molar-refractivity contribution in [2.45, 2.75) is 56.9 Å². The van der Waals surface area contributed by atoms with E-state index < -0.39 is 5.97 Å². The molecule has 1 aliphatic heterocycles. The monoisotopic (exact) mass is 455 g/mol. The number of aliphatic carboxylic acids is 1. The first-order valence-electron chi connectivity index (χ1n) is 11.8. The Labute approximate surface area is 196 Å². The quantitative estimate of drug-likeness (QED) is 0.194. The second-order valence-electron chi connectivity index (χ2n) is 8.78. The van der Waals surface area contributed by atoms with Gasteiger partial charge in [0.15, 0.2) is 0 Å². The third-order valence-corrected chi connectivity index (χ3v) is 6.39. The summed E-state index contributed by atoms with van der Waals surface area (Å²) in [6.07, 6.45) is 9.00. The molecular formula is C25H37N5O3. The lowest BCUT2D eigenvalue weighted by atomic mass is 9.90. The molecule has 1 aliphatic carbocycles. The van der Waals surface area contributed by atoms with Crippen LogP contribution in [0.5, 0.6) is 0 Å². The number of ether oxygens (including phenoxy) is 1. The van der Waals surface area contributed by atoms with E-state index in [1.165, 1.54) is 31.9 Å². The normalized spacial score (nSPS) is 17.5. The molecule has 0 amide bonds. The number of nitrogens with one attached hydrogen (secondary N) is 3. The maximum absolute atomic E-state index is 11.2. The van der Waals surface area contributed by atoms with E-state index >= 15 is 0 Å². The van der Waals surface area contributed by atoms with E-state index in [4.69, 9.17) is 9.72 Å². The first kappa shape index (κ1) is 24.9. The number of aryl methyl sites for hydroxylation is 1. The number of fused-ring (bicyclic) bond motifs is 2. The predicted molar refractivity (Wildman–Crippen MR) is 132 cm³/mol. The van der Waals surface area contributed by atoms with Gasteiger partial charge in [0.2, 0.25) is 5.88 Å². The van der Waals surface area contributed by atoms with Crippen LogP contribution in [0.4, 0.5) is 5.82 Å². The molecule has 2 heterocycles. The largest absolute Gasteiger partial charge is 0.481 e. The van der Waals surface area contributed by atoms with E-state index in [2.05, 4.69) is 39.7 Å². The molecule has 0 bridgehead atoms. The number of rotatable bonds is 14. The van der Waals surface area contributed by atoms with Crippen molar-refractivity contribution in [3.63, 3.8) is 0 Å². The lowest BCUT2D eigenvalue weighted by molar-refractivity contribution is -0.137. The Bertz CT molecular complexity index is 892. The highest BCUT2D eigenvalue weighted by Gasteiger charge is 2.47. The Morgan fingerprint density at radius 3 is 2.88 bits per heavy atom. The second kappa shape index (κ2) is 12.0. The Hall–Kier alpha value is -2.71. The molecule has 4 N–H and O–H groups in total. The van der Waals surface area contributed by atoms with Gasteiger partial charge in [-0.2, -0.15) is 0 Å². The van der Waals surface area contributed by atoms with Crippen LogP contribution in [0.1, 0.15) is 50.3 Å². The molecule has 0 unspecified atom stereocenters. The molecule has 33 heavy (non-hydrogen) atoms. The van der Waals surface area contributed by atoms with Gasteiger partial charge in [-0.3, -0.25) is 4.79 Å². The van der Waals surface area contributed by atoms with Crippen molar-refractivity contribution in [2.75, 3.05) is 38.6 Å². The number of carbonyl (C=O) groups is 1.